The first-order valence-electron chi connectivity index (χ1n) is 10.8. The SMILES string of the molecule is O=C(CSc1nc2sc3c(c2c(=O)n1CC1CCCO1)CCC3)N1CCCCC1. The third-order valence-electron chi connectivity index (χ3n) is 6.23. The highest BCUT2D eigenvalue weighted by Crippen LogP contribution is 2.35. The highest BCUT2D eigenvalue weighted by molar-refractivity contribution is 7.99. The van der Waals surface area contributed by atoms with Gasteiger partial charge in [0.2, 0.25) is 5.91 Å². The minimum absolute atomic E-state index is 0.0535. The Morgan fingerprint density at radius 2 is 2.03 bits per heavy atom. The molecule has 1 amide bonds. The molecule has 3 aliphatic rings. The van der Waals surface area contributed by atoms with Crippen molar-refractivity contribution in [2.45, 2.75) is 69.2 Å². The van der Waals surface area contributed by atoms with Gasteiger partial charge in [0.1, 0.15) is 4.83 Å². The van der Waals surface area contributed by atoms with Crippen LogP contribution in [0.5, 0.6) is 0 Å². The van der Waals surface area contributed by atoms with Crippen LogP contribution < -0.4 is 5.56 Å². The van der Waals surface area contributed by atoms with Gasteiger partial charge in [-0.1, -0.05) is 11.8 Å². The lowest BCUT2D eigenvalue weighted by Crippen LogP contribution is -2.37. The van der Waals surface area contributed by atoms with E-state index in [0.717, 1.165) is 74.9 Å². The number of nitrogens with zero attached hydrogens (tertiary/aromatic N) is 3. The topological polar surface area (TPSA) is 64.4 Å². The van der Waals surface area contributed by atoms with Gasteiger partial charge in [-0.15, -0.1) is 11.3 Å². The molecule has 2 fully saturated rings. The van der Waals surface area contributed by atoms with Gasteiger partial charge in [0.25, 0.3) is 5.56 Å². The average Bonchev–Trinajstić information content (AvgIpc) is 3.46. The average molecular weight is 434 g/mol. The smallest absolute Gasteiger partial charge is 0.263 e. The Morgan fingerprint density at radius 1 is 1.17 bits per heavy atom. The molecule has 0 aromatic carbocycles. The number of likely N-dealkylation sites (tertiary alicyclic amines) is 1. The molecule has 5 rings (SSSR count). The van der Waals surface area contributed by atoms with E-state index >= 15 is 0 Å². The highest BCUT2D eigenvalue weighted by atomic mass is 32.2. The summed E-state index contributed by atoms with van der Waals surface area (Å²) in [5.74, 6) is 0.496. The van der Waals surface area contributed by atoms with E-state index in [1.807, 2.05) is 4.90 Å². The van der Waals surface area contributed by atoms with Gasteiger partial charge in [-0.2, -0.15) is 0 Å². The summed E-state index contributed by atoms with van der Waals surface area (Å²) in [6.45, 7) is 3.00. The van der Waals surface area contributed by atoms with Crippen LogP contribution >= 0.6 is 23.1 Å². The molecular formula is C21H27N3O3S2. The fourth-order valence-electron chi connectivity index (χ4n) is 4.68. The molecular weight excluding hydrogens is 406 g/mol. The maximum atomic E-state index is 13.5. The maximum Gasteiger partial charge on any atom is 0.263 e. The Labute approximate surface area is 178 Å². The van der Waals surface area contributed by atoms with Gasteiger partial charge in [-0.3, -0.25) is 14.2 Å². The molecule has 1 aliphatic carbocycles. The van der Waals surface area contributed by atoms with Crippen LogP contribution in [-0.4, -0.2) is 51.9 Å². The molecule has 2 saturated heterocycles. The summed E-state index contributed by atoms with van der Waals surface area (Å²) in [7, 11) is 0. The molecule has 29 heavy (non-hydrogen) atoms. The largest absolute Gasteiger partial charge is 0.376 e. The predicted molar refractivity (Wildman–Crippen MR) is 116 cm³/mol. The Balaban J connectivity index is 1.45. The number of carbonyl (C=O) groups is 1. The van der Waals surface area contributed by atoms with Gasteiger partial charge >= 0.3 is 0 Å². The maximum absolute atomic E-state index is 13.5. The highest BCUT2D eigenvalue weighted by Gasteiger charge is 2.26. The van der Waals surface area contributed by atoms with Crippen molar-refractivity contribution in [1.82, 2.24) is 14.5 Å². The normalized spacial score (nSPS) is 21.8. The van der Waals surface area contributed by atoms with Crippen molar-refractivity contribution in [3.63, 3.8) is 0 Å². The van der Waals surface area contributed by atoms with Gasteiger partial charge in [0, 0.05) is 24.6 Å². The van der Waals surface area contributed by atoms with E-state index in [2.05, 4.69) is 0 Å². The number of hydrogen-bond donors (Lipinski definition) is 0. The summed E-state index contributed by atoms with van der Waals surface area (Å²) < 4.78 is 7.59. The van der Waals surface area contributed by atoms with E-state index < -0.39 is 0 Å². The van der Waals surface area contributed by atoms with Crippen LogP contribution in [0.1, 0.15) is 49.0 Å². The molecule has 2 aromatic rings. The molecule has 156 valence electrons. The summed E-state index contributed by atoms with van der Waals surface area (Å²) in [4.78, 5) is 35.1. The predicted octanol–water partition coefficient (Wildman–Crippen LogP) is 3.23. The van der Waals surface area contributed by atoms with E-state index in [9.17, 15) is 9.59 Å². The Morgan fingerprint density at radius 3 is 2.83 bits per heavy atom. The number of thiophene rings is 1. The second kappa shape index (κ2) is 8.40. The number of amides is 1. The number of thioether (sulfide) groups is 1. The van der Waals surface area contributed by atoms with Crippen LogP contribution in [0, 0.1) is 0 Å². The Hall–Kier alpha value is -1.38. The molecule has 0 spiro atoms. The number of carbonyl (C=O) groups excluding carboxylic acids is 1. The standard InChI is InChI=1S/C21H27N3O3S2/c25-17(23-9-2-1-3-10-23)13-28-21-22-19-18(15-7-4-8-16(15)29-19)20(26)24(21)12-14-6-5-11-27-14/h14H,1-13H2. The Kier molecular flexibility index (Phi) is 5.67. The number of aryl methyl sites for hydroxylation is 2. The third kappa shape index (κ3) is 3.86. The van der Waals surface area contributed by atoms with Gasteiger partial charge < -0.3 is 9.64 Å². The zero-order chi connectivity index (χ0) is 19.8. The van der Waals surface area contributed by atoms with Crippen molar-refractivity contribution in [3.05, 3.63) is 20.8 Å². The van der Waals surface area contributed by atoms with Gasteiger partial charge in [-0.05, 0) is 56.9 Å². The van der Waals surface area contributed by atoms with Crippen LogP contribution in [0.2, 0.25) is 0 Å². The quantitative estimate of drug-likeness (QED) is 0.535. The number of piperidine rings is 1. The van der Waals surface area contributed by atoms with E-state index in [1.54, 1.807) is 15.9 Å². The molecule has 0 radical (unpaired) electrons. The first-order chi connectivity index (χ1) is 14.2. The second-order valence-electron chi connectivity index (χ2n) is 8.21. The fourth-order valence-corrected chi connectivity index (χ4v) is 6.90. The van der Waals surface area contributed by atoms with Crippen molar-refractivity contribution < 1.29 is 9.53 Å². The van der Waals surface area contributed by atoms with Crippen molar-refractivity contribution >= 4 is 39.2 Å². The van der Waals surface area contributed by atoms with Crippen LogP contribution in [0.3, 0.4) is 0 Å². The molecule has 1 atom stereocenters. The molecule has 8 heteroatoms. The van der Waals surface area contributed by atoms with Gasteiger partial charge in [0.15, 0.2) is 5.16 Å². The van der Waals surface area contributed by atoms with Crippen LogP contribution in [0.25, 0.3) is 10.2 Å². The molecule has 0 bridgehead atoms. The van der Waals surface area contributed by atoms with Crippen molar-refractivity contribution in [2.24, 2.45) is 0 Å². The van der Waals surface area contributed by atoms with Crippen LogP contribution in [-0.2, 0) is 28.9 Å². The lowest BCUT2D eigenvalue weighted by atomic mass is 10.1. The van der Waals surface area contributed by atoms with Crippen molar-refractivity contribution in [3.8, 4) is 0 Å². The third-order valence-corrected chi connectivity index (χ3v) is 8.38. The summed E-state index contributed by atoms with van der Waals surface area (Å²) >= 11 is 3.08. The fraction of sp³-hybridized carbons (Fsp3) is 0.667. The lowest BCUT2D eigenvalue weighted by molar-refractivity contribution is -0.129. The number of hydrogen-bond acceptors (Lipinski definition) is 6. The van der Waals surface area contributed by atoms with E-state index in [-0.39, 0.29) is 17.6 Å². The number of aromatic nitrogens is 2. The van der Waals surface area contributed by atoms with E-state index in [0.29, 0.717) is 17.5 Å². The lowest BCUT2D eigenvalue weighted by Gasteiger charge is -2.26. The molecule has 0 N–H and O–H groups in total. The second-order valence-corrected chi connectivity index (χ2v) is 10.2. The molecule has 0 saturated carbocycles. The summed E-state index contributed by atoms with van der Waals surface area (Å²) in [6.07, 6.45) is 8.62. The molecule has 4 heterocycles. The zero-order valence-corrected chi connectivity index (χ0v) is 18.3. The molecule has 2 aromatic heterocycles. The zero-order valence-electron chi connectivity index (χ0n) is 16.7. The monoisotopic (exact) mass is 433 g/mol. The van der Waals surface area contributed by atoms with Gasteiger partial charge in [0.05, 0.1) is 23.8 Å². The number of rotatable bonds is 5. The van der Waals surface area contributed by atoms with Crippen LogP contribution in [0.15, 0.2) is 9.95 Å². The molecule has 1 unspecified atom stereocenters. The van der Waals surface area contributed by atoms with E-state index in [4.69, 9.17) is 9.72 Å². The molecule has 2 aliphatic heterocycles. The van der Waals surface area contributed by atoms with Crippen LogP contribution in [0.4, 0.5) is 0 Å². The molecule has 6 nitrogen and oxygen atoms in total. The number of fused-ring (bicyclic) bond motifs is 3. The van der Waals surface area contributed by atoms with Gasteiger partial charge in [-0.25, -0.2) is 4.98 Å². The summed E-state index contributed by atoms with van der Waals surface area (Å²) in [5, 5.41) is 1.48. The Bertz CT molecular complexity index is 972. The minimum Gasteiger partial charge on any atom is -0.376 e. The van der Waals surface area contributed by atoms with Crippen molar-refractivity contribution in [2.75, 3.05) is 25.4 Å². The minimum atomic E-state index is 0.0535. The number of ether oxygens (including phenoxy) is 1. The first-order valence-corrected chi connectivity index (χ1v) is 12.6. The summed E-state index contributed by atoms with van der Waals surface area (Å²) in [6, 6.07) is 0. The van der Waals surface area contributed by atoms with E-state index in [1.165, 1.54) is 28.6 Å². The van der Waals surface area contributed by atoms with Crippen molar-refractivity contribution in [1.29, 1.82) is 0 Å². The first kappa shape index (κ1) is 19.6. The summed E-state index contributed by atoms with van der Waals surface area (Å²) in [5.41, 5.74) is 1.27.